The Bertz CT molecular complexity index is 500. The van der Waals surface area contributed by atoms with Gasteiger partial charge in [0.15, 0.2) is 0 Å². The van der Waals surface area contributed by atoms with Crippen molar-refractivity contribution in [2.45, 2.75) is 0 Å². The molecule has 17 heavy (non-hydrogen) atoms. The third kappa shape index (κ3) is 2.93. The third-order valence-electron chi connectivity index (χ3n) is 2.27. The van der Waals surface area contributed by atoms with Crippen LogP contribution in [0.2, 0.25) is 0 Å². The van der Waals surface area contributed by atoms with Gasteiger partial charge in [-0.15, -0.1) is 0 Å². The molecule has 92 valence electrons. The summed E-state index contributed by atoms with van der Waals surface area (Å²) in [6.07, 6.45) is 0. The Labute approximate surface area is 99.6 Å². The molecule has 0 aliphatic rings. The maximum atomic E-state index is 13.4. The molecule has 0 fully saturated rings. The zero-order chi connectivity index (χ0) is 10.8. The fourth-order valence-electron chi connectivity index (χ4n) is 1.44. The molecule has 4 nitrogen and oxygen atoms in total. The Hall–Kier alpha value is -2.11. The number of nitrogens with two attached hydrogens (primary N) is 2. The number of rotatable bonds is 1. The first-order chi connectivity index (χ1) is 7.18. The Balaban J connectivity index is 0.00000128. The van der Waals surface area contributed by atoms with Gasteiger partial charge >= 0.3 is 0 Å². The molecular formula is C12H17FN4. The lowest BCUT2D eigenvalue weighted by molar-refractivity contribution is 0.631. The number of hydrogen-bond acceptors (Lipinski definition) is 4. The molecule has 0 aliphatic heterocycles. The van der Waals surface area contributed by atoms with E-state index in [4.69, 9.17) is 11.5 Å². The molecule has 0 saturated heterocycles. The largest absolute Gasteiger partial charge is 0.397 e. The van der Waals surface area contributed by atoms with Gasteiger partial charge in [-0.1, -0.05) is 24.3 Å². The average Bonchev–Trinajstić information content (AvgIpc) is 2.23. The number of anilines is 2. The Morgan fingerprint density at radius 2 is 1.47 bits per heavy atom. The zero-order valence-corrected chi connectivity index (χ0v) is 9.49. The zero-order valence-electron chi connectivity index (χ0n) is 9.49. The number of nitrogen functional groups attached to an aromatic ring is 2. The predicted molar refractivity (Wildman–Crippen MR) is 70.7 cm³/mol. The van der Waals surface area contributed by atoms with E-state index in [9.17, 15) is 4.39 Å². The molecule has 0 spiro atoms. The van der Waals surface area contributed by atoms with Crippen molar-refractivity contribution >= 4 is 11.4 Å². The molecule has 0 heterocycles. The molecule has 0 unspecified atom stereocenters. The quantitative estimate of drug-likeness (QED) is 0.568. The van der Waals surface area contributed by atoms with Crippen LogP contribution in [0.3, 0.4) is 0 Å². The van der Waals surface area contributed by atoms with Crippen LogP contribution in [0.15, 0.2) is 42.5 Å². The summed E-state index contributed by atoms with van der Waals surface area (Å²) in [4.78, 5) is 0. The first-order valence-corrected chi connectivity index (χ1v) is 4.58. The van der Waals surface area contributed by atoms with Crippen LogP contribution >= 0.6 is 0 Å². The van der Waals surface area contributed by atoms with Gasteiger partial charge in [0.25, 0.3) is 0 Å². The van der Waals surface area contributed by atoms with E-state index < -0.39 is 0 Å². The fourth-order valence-corrected chi connectivity index (χ4v) is 1.44. The van der Waals surface area contributed by atoms with Crippen LogP contribution in [0, 0.1) is 5.82 Å². The van der Waals surface area contributed by atoms with E-state index in [1.54, 1.807) is 36.4 Å². The van der Waals surface area contributed by atoms with Crippen molar-refractivity contribution in [3.63, 3.8) is 0 Å². The number of benzene rings is 2. The highest BCUT2D eigenvalue weighted by molar-refractivity contribution is 5.74. The second-order valence-corrected chi connectivity index (χ2v) is 3.32. The molecule has 5 heteroatoms. The van der Waals surface area contributed by atoms with E-state index in [-0.39, 0.29) is 18.1 Å². The van der Waals surface area contributed by atoms with Gasteiger partial charge in [-0.3, -0.25) is 0 Å². The summed E-state index contributed by atoms with van der Waals surface area (Å²) in [7, 11) is 0. The summed E-state index contributed by atoms with van der Waals surface area (Å²) < 4.78 is 13.4. The van der Waals surface area contributed by atoms with Crippen LogP contribution in [-0.2, 0) is 0 Å². The molecule has 0 amide bonds. The molecule has 0 radical (unpaired) electrons. The molecule has 0 aliphatic carbocycles. The standard InChI is InChI=1S/C12H11FN2.2H3N/c13-10-4-2-1-3-9(10)8-5-6-11(14)12(15)7-8;;/h1-7H,14-15H2;2*1H3. The Morgan fingerprint density at radius 3 is 2.06 bits per heavy atom. The fraction of sp³-hybridized carbons (Fsp3) is 0. The van der Waals surface area contributed by atoms with Gasteiger partial charge in [-0.05, 0) is 23.8 Å². The average molecular weight is 236 g/mol. The second-order valence-electron chi connectivity index (χ2n) is 3.32. The highest BCUT2D eigenvalue weighted by Gasteiger charge is 2.04. The number of hydrogen-bond donors (Lipinski definition) is 4. The van der Waals surface area contributed by atoms with Gasteiger partial charge in [-0.25, -0.2) is 4.39 Å². The lowest BCUT2D eigenvalue weighted by atomic mass is 10.0. The molecular weight excluding hydrogens is 219 g/mol. The minimum atomic E-state index is -0.262. The smallest absolute Gasteiger partial charge is 0.131 e. The molecule has 10 N–H and O–H groups in total. The summed E-state index contributed by atoms with van der Waals surface area (Å²) >= 11 is 0. The minimum absolute atomic E-state index is 0. The highest BCUT2D eigenvalue weighted by Crippen LogP contribution is 2.26. The highest BCUT2D eigenvalue weighted by atomic mass is 19.1. The third-order valence-corrected chi connectivity index (χ3v) is 2.27. The summed E-state index contributed by atoms with van der Waals surface area (Å²) in [5.41, 5.74) is 13.5. The van der Waals surface area contributed by atoms with Crippen LogP contribution in [-0.4, -0.2) is 0 Å². The molecule has 0 atom stereocenters. The first-order valence-electron chi connectivity index (χ1n) is 4.58. The first kappa shape index (κ1) is 14.9. The van der Waals surface area contributed by atoms with E-state index in [0.717, 1.165) is 5.56 Å². The van der Waals surface area contributed by atoms with E-state index in [0.29, 0.717) is 16.9 Å². The normalized spacial score (nSPS) is 9.00. The van der Waals surface area contributed by atoms with Gasteiger partial charge < -0.3 is 23.8 Å². The molecule has 2 aromatic rings. The van der Waals surface area contributed by atoms with E-state index >= 15 is 0 Å². The van der Waals surface area contributed by atoms with Crippen LogP contribution in [0.25, 0.3) is 11.1 Å². The molecule has 2 aromatic carbocycles. The van der Waals surface area contributed by atoms with E-state index in [1.807, 2.05) is 0 Å². The van der Waals surface area contributed by atoms with Gasteiger partial charge in [0.2, 0.25) is 0 Å². The monoisotopic (exact) mass is 236 g/mol. The van der Waals surface area contributed by atoms with Gasteiger partial charge in [0, 0.05) is 5.56 Å². The van der Waals surface area contributed by atoms with Crippen molar-refractivity contribution in [2.75, 3.05) is 11.5 Å². The van der Waals surface area contributed by atoms with Crippen molar-refractivity contribution in [3.8, 4) is 11.1 Å². The predicted octanol–water partition coefficient (Wildman–Crippen LogP) is 2.98. The van der Waals surface area contributed by atoms with E-state index in [2.05, 4.69) is 0 Å². The van der Waals surface area contributed by atoms with Gasteiger partial charge in [-0.2, -0.15) is 0 Å². The maximum absolute atomic E-state index is 13.4. The maximum Gasteiger partial charge on any atom is 0.131 e. The van der Waals surface area contributed by atoms with E-state index in [1.165, 1.54) is 6.07 Å². The Kier molecular flexibility index (Phi) is 5.11. The van der Waals surface area contributed by atoms with Crippen LogP contribution in [0.4, 0.5) is 15.8 Å². The lowest BCUT2D eigenvalue weighted by Crippen LogP contribution is -1.94. The topological polar surface area (TPSA) is 122 Å². The number of halogens is 1. The van der Waals surface area contributed by atoms with Crippen LogP contribution in [0.1, 0.15) is 0 Å². The summed E-state index contributed by atoms with van der Waals surface area (Å²) in [6.45, 7) is 0. The molecule has 0 aromatic heterocycles. The van der Waals surface area contributed by atoms with Crippen molar-refractivity contribution in [1.29, 1.82) is 0 Å². The lowest BCUT2D eigenvalue weighted by Gasteiger charge is -2.05. The van der Waals surface area contributed by atoms with Crippen LogP contribution in [0.5, 0.6) is 0 Å². The summed E-state index contributed by atoms with van der Waals surface area (Å²) in [5.74, 6) is -0.262. The second kappa shape index (κ2) is 5.83. The molecule has 0 saturated carbocycles. The van der Waals surface area contributed by atoms with Crippen molar-refractivity contribution < 1.29 is 4.39 Å². The Morgan fingerprint density at radius 1 is 0.824 bits per heavy atom. The van der Waals surface area contributed by atoms with Crippen molar-refractivity contribution in [1.82, 2.24) is 12.3 Å². The summed E-state index contributed by atoms with van der Waals surface area (Å²) in [6, 6.07) is 11.7. The molecule has 2 rings (SSSR count). The van der Waals surface area contributed by atoms with Crippen LogP contribution < -0.4 is 23.8 Å². The van der Waals surface area contributed by atoms with Crippen molar-refractivity contribution in [3.05, 3.63) is 48.3 Å². The van der Waals surface area contributed by atoms with Crippen molar-refractivity contribution in [2.24, 2.45) is 0 Å². The molecule has 0 bridgehead atoms. The van der Waals surface area contributed by atoms with Gasteiger partial charge in [0.1, 0.15) is 5.82 Å². The SMILES string of the molecule is N.N.Nc1ccc(-c2ccccc2F)cc1N. The summed E-state index contributed by atoms with van der Waals surface area (Å²) in [5, 5.41) is 0. The minimum Gasteiger partial charge on any atom is -0.397 e. The van der Waals surface area contributed by atoms with Gasteiger partial charge in [0.05, 0.1) is 11.4 Å².